The molecule has 0 atom stereocenters. The van der Waals surface area contributed by atoms with Gasteiger partial charge in [-0.15, -0.1) is 0 Å². The number of hydrogen-bond donors (Lipinski definition) is 1. The molecule has 0 amide bonds. The Morgan fingerprint density at radius 2 is 1.53 bits per heavy atom. The van der Waals surface area contributed by atoms with Crippen LogP contribution in [0.3, 0.4) is 0 Å². The molecular weight excluding hydrogens is 326 g/mol. The van der Waals surface area contributed by atoms with E-state index in [-0.39, 0.29) is 12.6 Å². The molecule has 2 rings (SSSR count). The quantitative estimate of drug-likeness (QED) is 0.638. The third-order valence-electron chi connectivity index (χ3n) is 2.53. The van der Waals surface area contributed by atoms with E-state index >= 15 is 0 Å². The van der Waals surface area contributed by atoms with Gasteiger partial charge in [-0.25, -0.2) is 17.6 Å². The largest absolute Gasteiger partial charge is 0.376 e. The van der Waals surface area contributed by atoms with Crippen LogP contribution in [0.1, 0.15) is 5.56 Å². The second kappa shape index (κ2) is 5.61. The van der Waals surface area contributed by atoms with Crippen molar-refractivity contribution in [2.75, 3.05) is 5.32 Å². The number of rotatable bonds is 3. The molecule has 2 aromatic rings. The number of benzene rings is 2. The van der Waals surface area contributed by atoms with Gasteiger partial charge >= 0.3 is 0 Å². The van der Waals surface area contributed by atoms with Gasteiger partial charge in [0.05, 0.1) is 0 Å². The first-order valence-electron chi connectivity index (χ1n) is 5.31. The molecule has 0 aliphatic heterocycles. The molecule has 0 bridgehead atoms. The van der Waals surface area contributed by atoms with Gasteiger partial charge in [0, 0.05) is 17.1 Å². The lowest BCUT2D eigenvalue weighted by Crippen LogP contribution is -2.07. The highest BCUT2D eigenvalue weighted by molar-refractivity contribution is 9.10. The average Bonchev–Trinajstić information content (AvgIpc) is 2.38. The summed E-state index contributed by atoms with van der Waals surface area (Å²) >= 11 is 3.26. The summed E-state index contributed by atoms with van der Waals surface area (Å²) in [6.45, 7) is 0.0259. The number of nitrogens with one attached hydrogen (secondary N) is 1. The van der Waals surface area contributed by atoms with Gasteiger partial charge in [-0.3, -0.25) is 0 Å². The van der Waals surface area contributed by atoms with Gasteiger partial charge in [0.1, 0.15) is 5.69 Å². The van der Waals surface area contributed by atoms with Crippen LogP contribution < -0.4 is 5.32 Å². The molecule has 100 valence electrons. The molecule has 0 aliphatic rings. The lowest BCUT2D eigenvalue weighted by atomic mass is 10.2. The number of halogens is 5. The summed E-state index contributed by atoms with van der Waals surface area (Å²) in [4.78, 5) is 0. The molecule has 0 aliphatic carbocycles. The van der Waals surface area contributed by atoms with Crippen LogP contribution >= 0.6 is 15.9 Å². The highest BCUT2D eigenvalue weighted by atomic mass is 79.9. The minimum Gasteiger partial charge on any atom is -0.376 e. The van der Waals surface area contributed by atoms with Gasteiger partial charge in [-0.1, -0.05) is 34.1 Å². The highest BCUT2D eigenvalue weighted by Gasteiger charge is 2.18. The molecule has 2 aromatic carbocycles. The Balaban J connectivity index is 2.28. The minimum absolute atomic E-state index is 0.0259. The van der Waals surface area contributed by atoms with E-state index in [0.29, 0.717) is 5.56 Å². The van der Waals surface area contributed by atoms with E-state index in [0.717, 1.165) is 4.47 Å². The van der Waals surface area contributed by atoms with Crippen molar-refractivity contribution in [3.8, 4) is 0 Å². The first-order valence-corrected chi connectivity index (χ1v) is 6.10. The fourth-order valence-electron chi connectivity index (χ4n) is 1.55. The zero-order valence-corrected chi connectivity index (χ0v) is 11.1. The Kier molecular flexibility index (Phi) is 4.09. The fourth-order valence-corrected chi connectivity index (χ4v) is 1.98. The first kappa shape index (κ1) is 13.9. The molecule has 0 aromatic heterocycles. The van der Waals surface area contributed by atoms with E-state index in [9.17, 15) is 17.6 Å². The van der Waals surface area contributed by atoms with Gasteiger partial charge in [0.25, 0.3) is 0 Å². The lowest BCUT2D eigenvalue weighted by Gasteiger charge is -2.11. The molecule has 0 spiro atoms. The van der Waals surface area contributed by atoms with Gasteiger partial charge in [-0.05, 0) is 11.6 Å². The van der Waals surface area contributed by atoms with Crippen molar-refractivity contribution < 1.29 is 17.6 Å². The number of anilines is 1. The van der Waals surface area contributed by atoms with Crippen molar-refractivity contribution >= 4 is 21.6 Å². The molecule has 6 heteroatoms. The Labute approximate surface area is 115 Å². The van der Waals surface area contributed by atoms with Crippen LogP contribution in [0.5, 0.6) is 0 Å². The van der Waals surface area contributed by atoms with Crippen molar-refractivity contribution in [1.82, 2.24) is 0 Å². The summed E-state index contributed by atoms with van der Waals surface area (Å²) in [6.07, 6.45) is 0. The Morgan fingerprint density at radius 3 is 2.11 bits per heavy atom. The molecule has 0 saturated heterocycles. The second-order valence-corrected chi connectivity index (χ2v) is 4.64. The maximum absolute atomic E-state index is 13.4. The Bertz CT molecular complexity index is 590. The molecule has 19 heavy (non-hydrogen) atoms. The normalized spacial score (nSPS) is 10.6. The SMILES string of the molecule is Fc1cc(F)c(F)c(NCc2ccccc2Br)c1F. The smallest absolute Gasteiger partial charge is 0.185 e. The highest BCUT2D eigenvalue weighted by Crippen LogP contribution is 2.25. The molecule has 0 radical (unpaired) electrons. The minimum atomic E-state index is -1.44. The van der Waals surface area contributed by atoms with Crippen LogP contribution in [0.15, 0.2) is 34.8 Å². The van der Waals surface area contributed by atoms with Crippen molar-refractivity contribution in [3.05, 3.63) is 63.6 Å². The van der Waals surface area contributed by atoms with E-state index in [1.807, 2.05) is 0 Å². The van der Waals surface area contributed by atoms with Gasteiger partial charge in [-0.2, -0.15) is 0 Å². The lowest BCUT2D eigenvalue weighted by molar-refractivity contribution is 0.458. The van der Waals surface area contributed by atoms with Crippen LogP contribution in [0.2, 0.25) is 0 Å². The second-order valence-electron chi connectivity index (χ2n) is 3.79. The summed E-state index contributed by atoms with van der Waals surface area (Å²) in [7, 11) is 0. The molecule has 0 fully saturated rings. The van der Waals surface area contributed by atoms with E-state index in [2.05, 4.69) is 21.2 Å². The first-order chi connectivity index (χ1) is 9.00. The summed E-state index contributed by atoms with van der Waals surface area (Å²) in [5, 5.41) is 2.36. The third-order valence-corrected chi connectivity index (χ3v) is 3.30. The van der Waals surface area contributed by atoms with Gasteiger partial charge < -0.3 is 5.32 Å². The molecule has 1 N–H and O–H groups in total. The molecular formula is C13H8BrF4N. The molecule has 1 nitrogen and oxygen atoms in total. The van der Waals surface area contributed by atoms with Crippen LogP contribution in [-0.2, 0) is 6.54 Å². The van der Waals surface area contributed by atoms with E-state index < -0.39 is 29.0 Å². The maximum atomic E-state index is 13.4. The van der Waals surface area contributed by atoms with Crippen molar-refractivity contribution in [2.24, 2.45) is 0 Å². The van der Waals surface area contributed by atoms with Gasteiger partial charge in [0.2, 0.25) is 0 Å². The van der Waals surface area contributed by atoms with E-state index in [1.54, 1.807) is 24.3 Å². The average molecular weight is 334 g/mol. The summed E-state index contributed by atoms with van der Waals surface area (Å²) in [5.41, 5.74) is -0.112. The fraction of sp³-hybridized carbons (Fsp3) is 0.0769. The monoisotopic (exact) mass is 333 g/mol. The predicted octanol–water partition coefficient (Wildman–Crippen LogP) is 4.62. The predicted molar refractivity (Wildman–Crippen MR) is 67.7 cm³/mol. The van der Waals surface area contributed by atoms with Crippen LogP contribution in [0.25, 0.3) is 0 Å². The summed E-state index contributed by atoms with van der Waals surface area (Å²) in [5.74, 6) is -5.75. The third kappa shape index (κ3) is 2.89. The van der Waals surface area contributed by atoms with E-state index in [1.165, 1.54) is 0 Å². The van der Waals surface area contributed by atoms with Crippen molar-refractivity contribution in [3.63, 3.8) is 0 Å². The topological polar surface area (TPSA) is 12.0 Å². The zero-order chi connectivity index (χ0) is 14.0. The number of hydrogen-bond acceptors (Lipinski definition) is 1. The van der Waals surface area contributed by atoms with Gasteiger partial charge in [0.15, 0.2) is 23.3 Å². The molecule has 0 heterocycles. The van der Waals surface area contributed by atoms with Crippen molar-refractivity contribution in [1.29, 1.82) is 0 Å². The van der Waals surface area contributed by atoms with E-state index in [4.69, 9.17) is 0 Å². The summed E-state index contributed by atoms with van der Waals surface area (Å²) < 4.78 is 53.5. The zero-order valence-electron chi connectivity index (χ0n) is 9.48. The molecule has 0 saturated carbocycles. The van der Waals surface area contributed by atoms with Crippen LogP contribution in [0.4, 0.5) is 23.2 Å². The van der Waals surface area contributed by atoms with Crippen LogP contribution in [-0.4, -0.2) is 0 Å². The maximum Gasteiger partial charge on any atom is 0.185 e. The molecule has 0 unspecified atom stereocenters. The Morgan fingerprint density at radius 1 is 0.947 bits per heavy atom. The summed E-state index contributed by atoms with van der Waals surface area (Å²) in [6, 6.07) is 7.14. The van der Waals surface area contributed by atoms with Crippen molar-refractivity contribution in [2.45, 2.75) is 6.54 Å². The Hall–Kier alpha value is -1.56. The standard InChI is InChI=1S/C13H8BrF4N/c14-8-4-2-1-3-7(8)6-19-13-11(17)9(15)5-10(16)12(13)18/h1-5,19H,6H2. The van der Waals surface area contributed by atoms with Crippen LogP contribution in [0, 0.1) is 23.3 Å².